The van der Waals surface area contributed by atoms with Crippen LogP contribution < -0.4 is 13.9 Å². The van der Waals surface area contributed by atoms with Gasteiger partial charge in [0.15, 0.2) is 0 Å². The predicted molar refractivity (Wildman–Crippen MR) is 103 cm³/mol. The first-order chi connectivity index (χ1) is 11.9. The zero-order valence-electron chi connectivity index (χ0n) is 14.0. The van der Waals surface area contributed by atoms with Crippen LogP contribution in [0.25, 0.3) is 0 Å². The van der Waals surface area contributed by atoms with Gasteiger partial charge in [0.1, 0.15) is 5.82 Å². The number of hydrogen-bond donors (Lipinski definition) is 3. The molecule has 2 aromatic carbocycles. The van der Waals surface area contributed by atoms with Crippen molar-refractivity contribution in [2.24, 2.45) is 0 Å². The van der Waals surface area contributed by atoms with Gasteiger partial charge in [-0.05, 0) is 54.8 Å². The lowest BCUT2D eigenvalue weighted by molar-refractivity contribution is 0.473. The molecule has 1 heterocycles. The van der Waals surface area contributed by atoms with Gasteiger partial charge in [-0.1, -0.05) is 30.7 Å². The summed E-state index contributed by atoms with van der Waals surface area (Å²) in [6.07, 6.45) is 0.835. The Hall–Kier alpha value is -1.51. The van der Waals surface area contributed by atoms with Gasteiger partial charge in [0.2, 0.25) is 0 Å². The molecule has 5 nitrogen and oxygen atoms in total. The molecule has 0 bridgehead atoms. The molecular formula is C17H21ClFN3O2S. The zero-order valence-corrected chi connectivity index (χ0v) is 15.6. The highest BCUT2D eigenvalue weighted by Gasteiger charge is 2.42. The third-order valence-corrected chi connectivity index (χ3v) is 6.45. The van der Waals surface area contributed by atoms with Crippen LogP contribution in [0.1, 0.15) is 13.3 Å². The molecule has 0 saturated heterocycles. The molecule has 136 valence electrons. The largest absolute Gasteiger partial charge is 0.315 e. The van der Waals surface area contributed by atoms with Crippen LogP contribution in [-0.2, 0) is 0 Å². The van der Waals surface area contributed by atoms with Crippen LogP contribution in [0.4, 0.5) is 21.5 Å². The molecule has 0 radical (unpaired) electrons. The van der Waals surface area contributed by atoms with Crippen molar-refractivity contribution in [3.63, 3.8) is 0 Å². The Morgan fingerprint density at radius 1 is 1.16 bits per heavy atom. The molecule has 0 saturated carbocycles. The first-order valence-electron chi connectivity index (χ1n) is 7.97. The second-order valence-corrected chi connectivity index (χ2v) is 8.02. The number of likely N-dealkylation sites (N-methyl/N-ethyl adjacent to an activating group) is 1. The Balaban J connectivity index is 2.10. The van der Waals surface area contributed by atoms with Gasteiger partial charge in [0.25, 0.3) is 0 Å². The van der Waals surface area contributed by atoms with Crippen LogP contribution in [0.5, 0.6) is 0 Å². The number of rotatable bonds is 5. The maximum atomic E-state index is 13.4. The smallest absolute Gasteiger partial charge is 0.124 e. The monoisotopic (exact) mass is 385 g/mol. The highest BCUT2D eigenvalue weighted by molar-refractivity contribution is 8.27. The van der Waals surface area contributed by atoms with Crippen molar-refractivity contribution in [1.29, 1.82) is 0 Å². The highest BCUT2D eigenvalue weighted by Crippen LogP contribution is 2.64. The van der Waals surface area contributed by atoms with Crippen LogP contribution in [0, 0.1) is 5.82 Å². The number of nitrogens with one attached hydrogen (secondary N) is 1. The van der Waals surface area contributed by atoms with Gasteiger partial charge in [-0.3, -0.25) is 9.11 Å². The van der Waals surface area contributed by atoms with Crippen molar-refractivity contribution in [1.82, 2.24) is 5.32 Å². The summed E-state index contributed by atoms with van der Waals surface area (Å²) >= 11 is 6.19. The van der Waals surface area contributed by atoms with Gasteiger partial charge in [0, 0.05) is 6.04 Å². The summed E-state index contributed by atoms with van der Waals surface area (Å²) in [6, 6.07) is 11.3. The van der Waals surface area contributed by atoms with E-state index in [0.717, 1.165) is 6.42 Å². The van der Waals surface area contributed by atoms with Crippen LogP contribution in [0.15, 0.2) is 42.5 Å². The molecular weight excluding hydrogens is 365 g/mol. The molecule has 0 fully saturated rings. The Morgan fingerprint density at radius 2 is 1.84 bits per heavy atom. The van der Waals surface area contributed by atoms with Crippen molar-refractivity contribution in [2.75, 3.05) is 22.2 Å². The lowest BCUT2D eigenvalue weighted by atomic mass is 10.2. The number of hydrogen-bond acceptors (Lipinski definition) is 5. The summed E-state index contributed by atoms with van der Waals surface area (Å²) in [5.74, 6) is -0.476. The SMILES string of the molecule is CCC(CN1c2ccccc2N(c2ccc(F)cc2Cl)S1(O)O)NC. The second-order valence-electron chi connectivity index (χ2n) is 5.82. The summed E-state index contributed by atoms with van der Waals surface area (Å²) < 4.78 is 38.5. The molecule has 0 aromatic heterocycles. The van der Waals surface area contributed by atoms with E-state index in [9.17, 15) is 13.5 Å². The van der Waals surface area contributed by atoms with E-state index in [1.807, 2.05) is 32.2 Å². The lowest BCUT2D eigenvalue weighted by Gasteiger charge is -2.45. The van der Waals surface area contributed by atoms with Crippen molar-refractivity contribution in [3.05, 3.63) is 53.3 Å². The van der Waals surface area contributed by atoms with E-state index in [1.165, 1.54) is 22.5 Å². The number of halogens is 2. The predicted octanol–water partition coefficient (Wildman–Crippen LogP) is 5.02. The fraction of sp³-hybridized carbons (Fsp3) is 0.294. The van der Waals surface area contributed by atoms with Crippen molar-refractivity contribution < 1.29 is 13.5 Å². The van der Waals surface area contributed by atoms with Crippen LogP contribution in [0.3, 0.4) is 0 Å². The van der Waals surface area contributed by atoms with Crippen LogP contribution >= 0.6 is 22.6 Å². The van der Waals surface area contributed by atoms with E-state index >= 15 is 0 Å². The maximum absolute atomic E-state index is 13.4. The number of benzene rings is 2. The molecule has 1 unspecified atom stereocenters. The van der Waals surface area contributed by atoms with E-state index < -0.39 is 16.8 Å². The Kier molecular flexibility index (Phi) is 5.13. The average molecular weight is 386 g/mol. The van der Waals surface area contributed by atoms with Gasteiger partial charge in [-0.2, -0.15) is 0 Å². The first-order valence-corrected chi connectivity index (χ1v) is 9.81. The lowest BCUT2D eigenvalue weighted by Crippen LogP contribution is -2.41. The van der Waals surface area contributed by atoms with Crippen LogP contribution in [-0.4, -0.2) is 28.7 Å². The Labute approximate surface area is 153 Å². The highest BCUT2D eigenvalue weighted by atomic mass is 35.5. The first kappa shape index (κ1) is 18.3. The van der Waals surface area contributed by atoms with Gasteiger partial charge in [-0.25, -0.2) is 13.0 Å². The average Bonchev–Trinajstić information content (AvgIpc) is 2.80. The maximum Gasteiger partial charge on any atom is 0.124 e. The summed E-state index contributed by atoms with van der Waals surface area (Å²) in [7, 11) is -1.53. The van der Waals surface area contributed by atoms with Crippen molar-refractivity contribution in [3.8, 4) is 0 Å². The molecule has 2 aromatic rings. The topological polar surface area (TPSA) is 59.0 Å². The minimum absolute atomic E-state index is 0.0860. The zero-order chi connectivity index (χ0) is 18.2. The normalized spacial score (nSPS) is 18.2. The molecule has 0 spiro atoms. The summed E-state index contributed by atoms with van der Waals surface area (Å²) in [4.78, 5) is 0. The fourth-order valence-corrected chi connectivity index (χ4v) is 5.08. The van der Waals surface area contributed by atoms with E-state index in [2.05, 4.69) is 5.32 Å². The molecule has 1 aliphatic heterocycles. The van der Waals surface area contributed by atoms with Gasteiger partial charge in [0.05, 0.1) is 28.6 Å². The Morgan fingerprint density at radius 3 is 2.44 bits per heavy atom. The third-order valence-electron chi connectivity index (χ3n) is 4.33. The third kappa shape index (κ3) is 3.18. The molecule has 0 aliphatic carbocycles. The van der Waals surface area contributed by atoms with E-state index in [-0.39, 0.29) is 11.1 Å². The van der Waals surface area contributed by atoms with Gasteiger partial charge < -0.3 is 5.32 Å². The van der Waals surface area contributed by atoms with E-state index in [4.69, 9.17) is 11.6 Å². The standard InChI is InChI=1S/C17H21ClFN3O2S/c1-3-13(20-2)11-21-16-6-4-5-7-17(16)22(25(21,23)24)15-9-8-12(19)10-14(15)18/h4-10,13,20,23-24H,3,11H2,1-2H3. The minimum Gasteiger partial charge on any atom is -0.315 e. The number of fused-ring (bicyclic) bond motifs is 1. The fourth-order valence-electron chi connectivity index (χ4n) is 2.94. The van der Waals surface area contributed by atoms with Crippen molar-refractivity contribution >= 4 is 39.6 Å². The summed E-state index contributed by atoms with van der Waals surface area (Å²) in [6.45, 7) is 2.45. The Bertz CT molecular complexity index is 773. The molecule has 1 atom stereocenters. The van der Waals surface area contributed by atoms with Gasteiger partial charge >= 0.3 is 0 Å². The molecule has 3 N–H and O–H groups in total. The minimum atomic E-state index is -3.37. The molecule has 3 rings (SSSR count). The van der Waals surface area contributed by atoms with Crippen molar-refractivity contribution in [2.45, 2.75) is 19.4 Å². The quantitative estimate of drug-likeness (QED) is 0.675. The summed E-state index contributed by atoms with van der Waals surface area (Å²) in [5.41, 5.74) is 1.69. The van der Waals surface area contributed by atoms with E-state index in [1.54, 1.807) is 10.4 Å². The number of para-hydroxylation sites is 2. The summed E-state index contributed by atoms with van der Waals surface area (Å²) in [5, 5.41) is 3.30. The second kappa shape index (κ2) is 7.01. The molecule has 0 amide bonds. The molecule has 1 aliphatic rings. The number of anilines is 3. The van der Waals surface area contributed by atoms with Gasteiger partial charge in [-0.15, -0.1) is 0 Å². The number of nitrogens with zero attached hydrogens (tertiary/aromatic N) is 2. The van der Waals surface area contributed by atoms with E-state index in [0.29, 0.717) is 23.6 Å². The molecule has 8 heteroatoms. The van der Waals surface area contributed by atoms with Crippen LogP contribution in [0.2, 0.25) is 5.02 Å². The molecule has 25 heavy (non-hydrogen) atoms.